The van der Waals surface area contributed by atoms with E-state index in [1.807, 2.05) is 0 Å². The SMILES string of the molecule is CCOc1cc(C(F)(F)F)c(C(C)=O)cc1Cl. The molecule has 0 aliphatic carbocycles. The fourth-order valence-corrected chi connectivity index (χ4v) is 1.56. The Morgan fingerprint density at radius 3 is 2.41 bits per heavy atom. The summed E-state index contributed by atoms with van der Waals surface area (Å²) in [6, 6.07) is 1.74. The number of rotatable bonds is 3. The van der Waals surface area contributed by atoms with Crippen molar-refractivity contribution in [2.75, 3.05) is 6.61 Å². The smallest absolute Gasteiger partial charge is 0.417 e. The van der Waals surface area contributed by atoms with Crippen molar-refractivity contribution in [1.82, 2.24) is 0 Å². The van der Waals surface area contributed by atoms with Crippen LogP contribution in [0, 0.1) is 0 Å². The Balaban J connectivity index is 3.42. The largest absolute Gasteiger partial charge is 0.492 e. The van der Waals surface area contributed by atoms with Crippen molar-refractivity contribution in [3.05, 3.63) is 28.3 Å². The zero-order chi connectivity index (χ0) is 13.2. The molecule has 1 rings (SSSR count). The molecule has 6 heteroatoms. The first kappa shape index (κ1) is 13.8. The molecule has 0 aliphatic rings. The molecule has 17 heavy (non-hydrogen) atoms. The quantitative estimate of drug-likeness (QED) is 0.774. The van der Waals surface area contributed by atoms with E-state index in [4.69, 9.17) is 16.3 Å². The summed E-state index contributed by atoms with van der Waals surface area (Å²) in [7, 11) is 0. The first-order valence-corrected chi connectivity index (χ1v) is 5.19. The molecule has 0 radical (unpaired) electrons. The summed E-state index contributed by atoms with van der Waals surface area (Å²) in [5, 5.41) is -0.00921. The first-order valence-electron chi connectivity index (χ1n) is 4.81. The third-order valence-electron chi connectivity index (χ3n) is 2.06. The standard InChI is InChI=1S/C11H10ClF3O2/c1-3-17-10-5-8(11(13,14)15)7(6(2)16)4-9(10)12/h4-5H,3H2,1-2H3. The summed E-state index contributed by atoms with van der Waals surface area (Å²) in [4.78, 5) is 11.1. The fourth-order valence-electron chi connectivity index (χ4n) is 1.35. The monoisotopic (exact) mass is 266 g/mol. The van der Waals surface area contributed by atoms with E-state index in [-0.39, 0.29) is 17.4 Å². The van der Waals surface area contributed by atoms with E-state index < -0.39 is 23.1 Å². The number of ketones is 1. The molecule has 0 saturated carbocycles. The van der Waals surface area contributed by atoms with Gasteiger partial charge in [0.25, 0.3) is 0 Å². The predicted molar refractivity (Wildman–Crippen MR) is 57.6 cm³/mol. The van der Waals surface area contributed by atoms with E-state index >= 15 is 0 Å². The molecule has 0 amide bonds. The lowest BCUT2D eigenvalue weighted by Crippen LogP contribution is -2.12. The molecule has 2 nitrogen and oxygen atoms in total. The number of benzene rings is 1. The van der Waals surface area contributed by atoms with E-state index in [9.17, 15) is 18.0 Å². The van der Waals surface area contributed by atoms with Crippen LogP contribution in [0.2, 0.25) is 5.02 Å². The van der Waals surface area contributed by atoms with E-state index in [0.717, 1.165) is 19.1 Å². The lowest BCUT2D eigenvalue weighted by atomic mass is 10.0. The van der Waals surface area contributed by atoms with Crippen molar-refractivity contribution in [2.24, 2.45) is 0 Å². The normalized spacial score (nSPS) is 11.4. The zero-order valence-corrected chi connectivity index (χ0v) is 9.95. The van der Waals surface area contributed by atoms with Crippen molar-refractivity contribution in [3.8, 4) is 5.75 Å². The summed E-state index contributed by atoms with van der Waals surface area (Å²) in [5.74, 6) is -0.770. The number of ether oxygens (including phenoxy) is 1. The molecule has 94 valence electrons. The average molecular weight is 267 g/mol. The van der Waals surface area contributed by atoms with Crippen LogP contribution < -0.4 is 4.74 Å². The minimum Gasteiger partial charge on any atom is -0.492 e. The number of Topliss-reactive ketones (excluding diaryl/α,β-unsaturated/α-hetero) is 1. The summed E-state index contributed by atoms with van der Waals surface area (Å²) >= 11 is 5.73. The molecule has 0 N–H and O–H groups in total. The molecule has 0 unspecified atom stereocenters. The van der Waals surface area contributed by atoms with Gasteiger partial charge >= 0.3 is 6.18 Å². The molecular weight excluding hydrogens is 257 g/mol. The third kappa shape index (κ3) is 3.12. The number of halogens is 4. The van der Waals surface area contributed by atoms with Crippen molar-refractivity contribution in [1.29, 1.82) is 0 Å². The minimum atomic E-state index is -4.61. The highest BCUT2D eigenvalue weighted by Crippen LogP contribution is 2.38. The van der Waals surface area contributed by atoms with E-state index in [1.54, 1.807) is 6.92 Å². The Bertz CT molecular complexity index is 441. The lowest BCUT2D eigenvalue weighted by molar-refractivity contribution is -0.138. The molecular formula is C11H10ClF3O2. The van der Waals surface area contributed by atoms with Gasteiger partial charge in [-0.05, 0) is 26.0 Å². The van der Waals surface area contributed by atoms with Gasteiger partial charge in [0.15, 0.2) is 5.78 Å². The highest BCUT2D eigenvalue weighted by molar-refractivity contribution is 6.32. The number of carbonyl (C=O) groups is 1. The minimum absolute atomic E-state index is 0.00921. The number of hydrogen-bond acceptors (Lipinski definition) is 2. The molecule has 0 heterocycles. The Morgan fingerprint density at radius 1 is 1.41 bits per heavy atom. The van der Waals surface area contributed by atoms with Gasteiger partial charge in [-0.25, -0.2) is 0 Å². The maximum absolute atomic E-state index is 12.7. The number of alkyl halides is 3. The van der Waals surface area contributed by atoms with Crippen LogP contribution in [0.5, 0.6) is 5.75 Å². The molecule has 0 saturated heterocycles. The molecule has 0 bridgehead atoms. The van der Waals surface area contributed by atoms with Gasteiger partial charge in [-0.15, -0.1) is 0 Å². The van der Waals surface area contributed by atoms with Gasteiger partial charge < -0.3 is 4.74 Å². The molecule has 1 aromatic rings. The van der Waals surface area contributed by atoms with Crippen LogP contribution in [0.3, 0.4) is 0 Å². The van der Waals surface area contributed by atoms with Crippen LogP contribution >= 0.6 is 11.6 Å². The van der Waals surface area contributed by atoms with Crippen molar-refractivity contribution >= 4 is 17.4 Å². The second-order valence-electron chi connectivity index (χ2n) is 3.32. The fraction of sp³-hybridized carbons (Fsp3) is 0.364. The maximum atomic E-state index is 12.7. The van der Waals surface area contributed by atoms with E-state index in [2.05, 4.69) is 0 Å². The molecule has 1 aromatic carbocycles. The van der Waals surface area contributed by atoms with Gasteiger partial charge in [-0.2, -0.15) is 13.2 Å². The second kappa shape index (κ2) is 4.96. The zero-order valence-electron chi connectivity index (χ0n) is 9.19. The summed E-state index contributed by atoms with van der Waals surface area (Å²) < 4.78 is 43.1. The Kier molecular flexibility index (Phi) is 4.03. The van der Waals surface area contributed by atoms with E-state index in [0.29, 0.717) is 0 Å². The summed E-state index contributed by atoms with van der Waals surface area (Å²) in [5.41, 5.74) is -1.48. The van der Waals surface area contributed by atoms with Crippen LogP contribution in [0.15, 0.2) is 12.1 Å². The third-order valence-corrected chi connectivity index (χ3v) is 2.35. The maximum Gasteiger partial charge on any atom is 0.417 e. The Labute approximate surface area is 101 Å². The molecule has 0 spiro atoms. The van der Waals surface area contributed by atoms with Crippen molar-refractivity contribution in [3.63, 3.8) is 0 Å². The van der Waals surface area contributed by atoms with Crippen LogP contribution in [-0.2, 0) is 6.18 Å². The molecule has 0 aromatic heterocycles. The van der Waals surface area contributed by atoms with Crippen molar-refractivity contribution in [2.45, 2.75) is 20.0 Å². The van der Waals surface area contributed by atoms with Gasteiger partial charge in [0.2, 0.25) is 0 Å². The van der Waals surface area contributed by atoms with Gasteiger partial charge in [-0.3, -0.25) is 4.79 Å². The molecule has 0 fully saturated rings. The highest BCUT2D eigenvalue weighted by atomic mass is 35.5. The van der Waals surface area contributed by atoms with Gasteiger partial charge in [0.05, 0.1) is 17.2 Å². The predicted octanol–water partition coefficient (Wildman–Crippen LogP) is 3.96. The molecule has 0 aliphatic heterocycles. The van der Waals surface area contributed by atoms with Crippen LogP contribution in [0.4, 0.5) is 13.2 Å². The van der Waals surface area contributed by atoms with Crippen LogP contribution in [0.1, 0.15) is 29.8 Å². The Hall–Kier alpha value is -1.23. The van der Waals surface area contributed by atoms with Gasteiger partial charge in [0.1, 0.15) is 5.75 Å². The van der Waals surface area contributed by atoms with E-state index in [1.165, 1.54) is 0 Å². The summed E-state index contributed by atoms with van der Waals surface area (Å²) in [6.45, 7) is 2.88. The molecule has 0 atom stereocenters. The second-order valence-corrected chi connectivity index (χ2v) is 3.72. The summed E-state index contributed by atoms with van der Waals surface area (Å²) in [6.07, 6.45) is -4.61. The van der Waals surface area contributed by atoms with Crippen LogP contribution in [-0.4, -0.2) is 12.4 Å². The number of hydrogen-bond donors (Lipinski definition) is 0. The van der Waals surface area contributed by atoms with Gasteiger partial charge in [0, 0.05) is 5.56 Å². The van der Waals surface area contributed by atoms with Gasteiger partial charge in [-0.1, -0.05) is 11.6 Å². The first-order chi connectivity index (χ1) is 7.77. The average Bonchev–Trinajstić information content (AvgIpc) is 2.18. The van der Waals surface area contributed by atoms with Crippen molar-refractivity contribution < 1.29 is 22.7 Å². The highest BCUT2D eigenvalue weighted by Gasteiger charge is 2.35. The van der Waals surface area contributed by atoms with Crippen LogP contribution in [0.25, 0.3) is 0 Å². The topological polar surface area (TPSA) is 26.3 Å². The Morgan fingerprint density at radius 2 is 2.00 bits per heavy atom. The number of carbonyl (C=O) groups excluding carboxylic acids is 1. The lowest BCUT2D eigenvalue weighted by Gasteiger charge is -2.14.